The Labute approximate surface area is 126 Å². The molecule has 0 N–H and O–H groups in total. The summed E-state index contributed by atoms with van der Waals surface area (Å²) in [5.41, 5.74) is 2.14. The second kappa shape index (κ2) is 6.52. The Morgan fingerprint density at radius 3 is 2.50 bits per heavy atom. The maximum atomic E-state index is 11.0. The van der Waals surface area contributed by atoms with Crippen LogP contribution in [0.5, 0.6) is 0 Å². The van der Waals surface area contributed by atoms with Gasteiger partial charge in [-0.2, -0.15) is 0 Å². The highest BCUT2D eigenvalue weighted by Gasteiger charge is 2.13. The van der Waals surface area contributed by atoms with Gasteiger partial charge in [-0.3, -0.25) is 10.1 Å². The molecule has 0 radical (unpaired) electrons. The number of rotatable bonds is 5. The van der Waals surface area contributed by atoms with Gasteiger partial charge in [0.1, 0.15) is 0 Å². The van der Waals surface area contributed by atoms with Crippen LogP contribution in [0.4, 0.5) is 11.4 Å². The third kappa shape index (κ3) is 3.36. The number of nitro groups is 1. The van der Waals surface area contributed by atoms with E-state index in [9.17, 15) is 10.1 Å². The number of hydrogen-bond acceptors (Lipinski definition) is 3. The largest absolute Gasteiger partial charge is 0.367 e. The van der Waals surface area contributed by atoms with Crippen molar-refractivity contribution in [3.63, 3.8) is 0 Å². The SMILES string of the molecule is CCN(Cc1ccc(Br)c([N+](=O)[O-])c1)c1ccccc1. The van der Waals surface area contributed by atoms with Gasteiger partial charge in [0, 0.05) is 24.8 Å². The predicted octanol–water partition coefficient (Wildman–Crippen LogP) is 4.38. The number of nitro benzene ring substituents is 1. The zero-order valence-corrected chi connectivity index (χ0v) is 12.7. The first kappa shape index (κ1) is 14.5. The van der Waals surface area contributed by atoms with E-state index in [1.165, 1.54) is 0 Å². The van der Waals surface area contributed by atoms with E-state index < -0.39 is 0 Å². The first-order valence-electron chi connectivity index (χ1n) is 6.34. The molecule has 20 heavy (non-hydrogen) atoms. The van der Waals surface area contributed by atoms with Crippen LogP contribution < -0.4 is 4.90 Å². The van der Waals surface area contributed by atoms with Gasteiger partial charge < -0.3 is 4.90 Å². The van der Waals surface area contributed by atoms with Gasteiger partial charge in [0.25, 0.3) is 5.69 Å². The van der Waals surface area contributed by atoms with Crippen molar-refractivity contribution in [3.05, 3.63) is 68.7 Å². The standard InChI is InChI=1S/C15H15BrN2O2/c1-2-17(13-6-4-3-5-7-13)11-12-8-9-14(16)15(10-12)18(19)20/h3-10H,2,11H2,1H3. The molecule has 2 aromatic rings. The fraction of sp³-hybridized carbons (Fsp3) is 0.200. The van der Waals surface area contributed by atoms with Crippen molar-refractivity contribution in [2.45, 2.75) is 13.5 Å². The maximum absolute atomic E-state index is 11.0. The zero-order chi connectivity index (χ0) is 14.5. The van der Waals surface area contributed by atoms with Gasteiger partial charge in [-0.1, -0.05) is 24.3 Å². The minimum absolute atomic E-state index is 0.103. The lowest BCUT2D eigenvalue weighted by Gasteiger charge is -2.23. The first-order valence-corrected chi connectivity index (χ1v) is 7.14. The van der Waals surface area contributed by atoms with E-state index in [-0.39, 0.29) is 10.6 Å². The molecule has 4 nitrogen and oxygen atoms in total. The normalized spacial score (nSPS) is 10.3. The van der Waals surface area contributed by atoms with Crippen molar-refractivity contribution in [1.82, 2.24) is 0 Å². The van der Waals surface area contributed by atoms with E-state index in [0.717, 1.165) is 17.8 Å². The van der Waals surface area contributed by atoms with E-state index in [0.29, 0.717) is 11.0 Å². The van der Waals surface area contributed by atoms with Crippen molar-refractivity contribution in [2.24, 2.45) is 0 Å². The molecule has 2 rings (SSSR count). The average Bonchev–Trinajstić information content (AvgIpc) is 2.47. The summed E-state index contributed by atoms with van der Waals surface area (Å²) in [6.45, 7) is 3.56. The molecule has 0 aliphatic carbocycles. The van der Waals surface area contributed by atoms with Crippen LogP contribution in [-0.4, -0.2) is 11.5 Å². The smallest absolute Gasteiger partial charge is 0.283 e. The Hall–Kier alpha value is -1.88. The summed E-state index contributed by atoms with van der Waals surface area (Å²) in [5, 5.41) is 11.0. The molecular formula is C15H15BrN2O2. The Morgan fingerprint density at radius 1 is 1.20 bits per heavy atom. The third-order valence-corrected chi connectivity index (χ3v) is 3.75. The second-order valence-electron chi connectivity index (χ2n) is 4.39. The molecule has 0 aliphatic rings. The summed E-state index contributed by atoms with van der Waals surface area (Å²) in [5.74, 6) is 0. The molecule has 104 valence electrons. The molecule has 0 heterocycles. The van der Waals surface area contributed by atoms with Crippen LogP contribution in [-0.2, 0) is 6.54 Å². The Bertz CT molecular complexity index is 602. The van der Waals surface area contributed by atoms with Crippen LogP contribution >= 0.6 is 15.9 Å². The molecule has 0 bridgehead atoms. The molecule has 5 heteroatoms. The highest BCUT2D eigenvalue weighted by atomic mass is 79.9. The van der Waals surface area contributed by atoms with Crippen molar-refractivity contribution in [3.8, 4) is 0 Å². The molecule has 2 aromatic carbocycles. The summed E-state index contributed by atoms with van der Waals surface area (Å²) >= 11 is 3.20. The predicted molar refractivity (Wildman–Crippen MR) is 84.0 cm³/mol. The molecule has 0 aliphatic heterocycles. The van der Waals surface area contributed by atoms with Crippen LogP contribution in [0.25, 0.3) is 0 Å². The number of hydrogen-bond donors (Lipinski definition) is 0. The molecule has 0 atom stereocenters. The monoisotopic (exact) mass is 334 g/mol. The summed E-state index contributed by atoms with van der Waals surface area (Å²) in [4.78, 5) is 12.8. The van der Waals surface area contributed by atoms with E-state index in [1.54, 1.807) is 12.1 Å². The van der Waals surface area contributed by atoms with Gasteiger partial charge >= 0.3 is 0 Å². The summed E-state index contributed by atoms with van der Waals surface area (Å²) < 4.78 is 0.508. The third-order valence-electron chi connectivity index (χ3n) is 3.08. The van der Waals surface area contributed by atoms with E-state index in [2.05, 4.69) is 27.8 Å². The summed E-state index contributed by atoms with van der Waals surface area (Å²) in [6.07, 6.45) is 0. The van der Waals surface area contributed by atoms with Crippen LogP contribution in [0.2, 0.25) is 0 Å². The number of nitrogens with zero attached hydrogens (tertiary/aromatic N) is 2. The highest BCUT2D eigenvalue weighted by molar-refractivity contribution is 9.10. The van der Waals surface area contributed by atoms with E-state index in [4.69, 9.17) is 0 Å². The summed E-state index contributed by atoms with van der Waals surface area (Å²) in [7, 11) is 0. The minimum atomic E-state index is -0.369. The van der Waals surface area contributed by atoms with Gasteiger partial charge in [-0.15, -0.1) is 0 Å². The average molecular weight is 335 g/mol. The van der Waals surface area contributed by atoms with Crippen LogP contribution in [0.15, 0.2) is 53.0 Å². The van der Waals surface area contributed by atoms with Crippen molar-refractivity contribution < 1.29 is 4.92 Å². The lowest BCUT2D eigenvalue weighted by molar-refractivity contribution is -0.385. The highest BCUT2D eigenvalue weighted by Crippen LogP contribution is 2.27. The van der Waals surface area contributed by atoms with Crippen LogP contribution in [0.3, 0.4) is 0 Å². The topological polar surface area (TPSA) is 46.4 Å². The van der Waals surface area contributed by atoms with E-state index in [1.807, 2.05) is 36.4 Å². The Balaban J connectivity index is 2.24. The first-order chi connectivity index (χ1) is 9.61. The number of anilines is 1. The van der Waals surface area contributed by atoms with Crippen molar-refractivity contribution in [1.29, 1.82) is 0 Å². The number of halogens is 1. The fourth-order valence-electron chi connectivity index (χ4n) is 2.04. The Kier molecular flexibility index (Phi) is 4.74. The van der Waals surface area contributed by atoms with Gasteiger partial charge in [0.05, 0.1) is 9.40 Å². The molecule has 0 amide bonds. The van der Waals surface area contributed by atoms with Crippen LogP contribution in [0.1, 0.15) is 12.5 Å². The molecule has 0 unspecified atom stereocenters. The lowest BCUT2D eigenvalue weighted by Crippen LogP contribution is -2.21. The molecule has 0 fully saturated rings. The van der Waals surface area contributed by atoms with E-state index >= 15 is 0 Å². The molecule has 0 saturated heterocycles. The van der Waals surface area contributed by atoms with Gasteiger partial charge in [0.15, 0.2) is 0 Å². The maximum Gasteiger partial charge on any atom is 0.283 e. The van der Waals surface area contributed by atoms with Gasteiger partial charge in [-0.25, -0.2) is 0 Å². The summed E-state index contributed by atoms with van der Waals surface area (Å²) in [6, 6.07) is 15.3. The molecule has 0 aromatic heterocycles. The van der Waals surface area contributed by atoms with Crippen LogP contribution in [0, 0.1) is 10.1 Å². The number of para-hydroxylation sites is 1. The molecule has 0 saturated carbocycles. The van der Waals surface area contributed by atoms with Crippen molar-refractivity contribution >= 4 is 27.3 Å². The minimum Gasteiger partial charge on any atom is -0.367 e. The lowest BCUT2D eigenvalue weighted by atomic mass is 10.1. The Morgan fingerprint density at radius 2 is 1.90 bits per heavy atom. The molecular weight excluding hydrogens is 320 g/mol. The van der Waals surface area contributed by atoms with Gasteiger partial charge in [0.2, 0.25) is 0 Å². The quantitative estimate of drug-likeness (QED) is 0.602. The van der Waals surface area contributed by atoms with Gasteiger partial charge in [-0.05, 0) is 46.6 Å². The van der Waals surface area contributed by atoms with Crippen molar-refractivity contribution in [2.75, 3.05) is 11.4 Å². The number of benzene rings is 2. The fourth-order valence-corrected chi connectivity index (χ4v) is 2.43. The zero-order valence-electron chi connectivity index (χ0n) is 11.1. The second-order valence-corrected chi connectivity index (χ2v) is 5.25. The molecule has 0 spiro atoms.